The molecule has 1 aromatic rings. The highest BCUT2D eigenvalue weighted by Crippen LogP contribution is 2.37. The molecular formula is C14H21N3O2S. The summed E-state index contributed by atoms with van der Waals surface area (Å²) in [6, 6.07) is 0. The molecule has 0 spiro atoms. The molecule has 6 heteroatoms. The van der Waals surface area contributed by atoms with Crippen LogP contribution in [0.1, 0.15) is 55.8 Å². The second-order valence-corrected chi connectivity index (χ2v) is 7.39. The van der Waals surface area contributed by atoms with E-state index in [1.807, 2.05) is 25.6 Å². The molecule has 1 saturated heterocycles. The highest BCUT2D eigenvalue weighted by Gasteiger charge is 2.29. The van der Waals surface area contributed by atoms with Gasteiger partial charge in [0.15, 0.2) is 5.69 Å². The number of carbonyl (C=O) groups is 1. The topological polar surface area (TPSA) is 75.1 Å². The van der Waals surface area contributed by atoms with Gasteiger partial charge in [-0.3, -0.25) is 0 Å². The van der Waals surface area contributed by atoms with E-state index in [-0.39, 0.29) is 16.4 Å². The van der Waals surface area contributed by atoms with Gasteiger partial charge in [0.25, 0.3) is 0 Å². The van der Waals surface area contributed by atoms with Crippen LogP contribution in [-0.2, 0) is 0 Å². The van der Waals surface area contributed by atoms with Gasteiger partial charge in [-0.15, -0.1) is 0 Å². The summed E-state index contributed by atoms with van der Waals surface area (Å²) in [6.45, 7) is 6.85. The van der Waals surface area contributed by atoms with Crippen LogP contribution < -0.4 is 5.32 Å². The lowest BCUT2D eigenvalue weighted by molar-refractivity contribution is 0.0691. The van der Waals surface area contributed by atoms with Gasteiger partial charge < -0.3 is 10.4 Å². The molecule has 1 aliphatic heterocycles. The minimum absolute atomic E-state index is 0.0651. The van der Waals surface area contributed by atoms with Crippen molar-refractivity contribution < 1.29 is 9.90 Å². The summed E-state index contributed by atoms with van der Waals surface area (Å²) in [5.74, 6) is 0.840. The van der Waals surface area contributed by atoms with Gasteiger partial charge in [-0.2, -0.15) is 11.8 Å². The number of anilines is 1. The van der Waals surface area contributed by atoms with Gasteiger partial charge in [-0.25, -0.2) is 14.8 Å². The third-order valence-corrected chi connectivity index (χ3v) is 5.02. The Morgan fingerprint density at radius 2 is 2.35 bits per heavy atom. The van der Waals surface area contributed by atoms with Crippen LogP contribution in [0.4, 0.5) is 5.69 Å². The molecule has 0 bridgehead atoms. The summed E-state index contributed by atoms with van der Waals surface area (Å²) < 4.78 is 0.173. The van der Waals surface area contributed by atoms with Gasteiger partial charge >= 0.3 is 5.97 Å². The Bertz CT molecular complexity index is 499. The van der Waals surface area contributed by atoms with Crippen LogP contribution in [0.25, 0.3) is 0 Å². The fraction of sp³-hybridized carbons (Fsp3) is 0.643. The van der Waals surface area contributed by atoms with Crippen LogP contribution in [0.15, 0.2) is 6.20 Å². The van der Waals surface area contributed by atoms with Crippen molar-refractivity contribution in [2.24, 2.45) is 0 Å². The Morgan fingerprint density at radius 3 is 2.90 bits per heavy atom. The van der Waals surface area contributed by atoms with E-state index in [0.717, 1.165) is 13.0 Å². The normalized spacial score (nSPS) is 22.2. The number of nitrogens with zero attached hydrogens (tertiary/aromatic N) is 2. The number of aromatic nitrogens is 2. The molecule has 0 amide bonds. The van der Waals surface area contributed by atoms with Crippen LogP contribution in [0.5, 0.6) is 0 Å². The van der Waals surface area contributed by atoms with E-state index in [2.05, 4.69) is 22.2 Å². The van der Waals surface area contributed by atoms with Crippen molar-refractivity contribution in [3.8, 4) is 0 Å². The Labute approximate surface area is 123 Å². The van der Waals surface area contributed by atoms with E-state index in [1.54, 1.807) is 6.20 Å². The quantitative estimate of drug-likeness (QED) is 0.869. The molecule has 0 aliphatic carbocycles. The second kappa shape index (κ2) is 5.99. The van der Waals surface area contributed by atoms with Gasteiger partial charge in [-0.1, -0.05) is 13.8 Å². The fourth-order valence-electron chi connectivity index (χ4n) is 2.22. The molecule has 1 fully saturated rings. The molecule has 2 heterocycles. The molecule has 0 radical (unpaired) electrons. The van der Waals surface area contributed by atoms with E-state index >= 15 is 0 Å². The van der Waals surface area contributed by atoms with E-state index < -0.39 is 5.97 Å². The number of aromatic carboxylic acids is 1. The molecule has 1 aliphatic rings. The molecule has 110 valence electrons. The monoisotopic (exact) mass is 295 g/mol. The zero-order valence-electron chi connectivity index (χ0n) is 12.1. The molecule has 0 saturated carbocycles. The molecule has 20 heavy (non-hydrogen) atoms. The predicted octanol–water partition coefficient (Wildman–Crippen LogP) is 3.00. The van der Waals surface area contributed by atoms with Crippen LogP contribution in [-0.4, -0.2) is 38.1 Å². The van der Waals surface area contributed by atoms with E-state index in [0.29, 0.717) is 11.5 Å². The lowest BCUT2D eigenvalue weighted by atomic mass is 10.1. The zero-order valence-corrected chi connectivity index (χ0v) is 13.0. The number of thioether (sulfide) groups is 1. The first kappa shape index (κ1) is 15.1. The van der Waals surface area contributed by atoms with Crippen LogP contribution in [0.3, 0.4) is 0 Å². The van der Waals surface area contributed by atoms with E-state index in [9.17, 15) is 9.90 Å². The average molecular weight is 295 g/mol. The molecule has 1 atom stereocenters. The van der Waals surface area contributed by atoms with Crippen molar-refractivity contribution in [1.82, 2.24) is 9.97 Å². The van der Waals surface area contributed by atoms with Crippen molar-refractivity contribution in [2.45, 2.75) is 44.3 Å². The largest absolute Gasteiger partial charge is 0.476 e. The highest BCUT2D eigenvalue weighted by molar-refractivity contribution is 8.00. The van der Waals surface area contributed by atoms with Crippen molar-refractivity contribution in [3.05, 3.63) is 17.7 Å². The van der Waals surface area contributed by atoms with Crippen LogP contribution in [0, 0.1) is 0 Å². The Morgan fingerprint density at radius 1 is 1.60 bits per heavy atom. The number of rotatable bonds is 5. The van der Waals surface area contributed by atoms with Crippen molar-refractivity contribution in [1.29, 1.82) is 0 Å². The summed E-state index contributed by atoms with van der Waals surface area (Å²) in [5, 5.41) is 12.5. The van der Waals surface area contributed by atoms with E-state index in [4.69, 9.17) is 0 Å². The minimum atomic E-state index is -1.01. The van der Waals surface area contributed by atoms with Crippen LogP contribution in [0.2, 0.25) is 0 Å². The smallest absolute Gasteiger partial charge is 0.356 e. The highest BCUT2D eigenvalue weighted by atomic mass is 32.2. The summed E-state index contributed by atoms with van der Waals surface area (Å²) >= 11 is 1.94. The molecule has 0 aromatic carbocycles. The Balaban J connectivity index is 2.16. The first-order valence-electron chi connectivity index (χ1n) is 6.89. The molecule has 2 rings (SSSR count). The fourth-order valence-corrected chi connectivity index (χ4v) is 3.47. The van der Waals surface area contributed by atoms with Gasteiger partial charge in [0.1, 0.15) is 5.82 Å². The Hall–Kier alpha value is -1.30. The van der Waals surface area contributed by atoms with Gasteiger partial charge in [0.05, 0.1) is 11.9 Å². The number of hydrogen-bond donors (Lipinski definition) is 2. The van der Waals surface area contributed by atoms with Crippen molar-refractivity contribution in [3.63, 3.8) is 0 Å². The maximum atomic E-state index is 11.3. The zero-order chi connectivity index (χ0) is 14.8. The first-order valence-corrected chi connectivity index (χ1v) is 7.88. The van der Waals surface area contributed by atoms with E-state index in [1.165, 1.54) is 12.2 Å². The summed E-state index contributed by atoms with van der Waals surface area (Å²) in [7, 11) is 0. The molecule has 2 N–H and O–H groups in total. The average Bonchev–Trinajstić information content (AvgIpc) is 2.83. The molecule has 1 aromatic heterocycles. The molecule has 1 unspecified atom stereocenters. The maximum absolute atomic E-state index is 11.3. The van der Waals surface area contributed by atoms with Crippen molar-refractivity contribution >= 4 is 23.4 Å². The molecular weight excluding hydrogens is 274 g/mol. The molecule has 5 nitrogen and oxygen atoms in total. The lowest BCUT2D eigenvalue weighted by Crippen LogP contribution is -2.28. The lowest BCUT2D eigenvalue weighted by Gasteiger charge is -2.24. The summed E-state index contributed by atoms with van der Waals surface area (Å²) in [4.78, 5) is 19.7. The number of hydrogen-bond acceptors (Lipinski definition) is 5. The van der Waals surface area contributed by atoms with Gasteiger partial charge in [0.2, 0.25) is 0 Å². The SMILES string of the molecule is CC(C)c1ncc(NCC2(C)CCCS2)c(C(=O)O)n1. The minimum Gasteiger partial charge on any atom is -0.476 e. The maximum Gasteiger partial charge on any atom is 0.356 e. The third kappa shape index (κ3) is 3.42. The second-order valence-electron chi connectivity index (χ2n) is 5.71. The summed E-state index contributed by atoms with van der Waals surface area (Å²) in [5.41, 5.74) is 0.575. The predicted molar refractivity (Wildman–Crippen MR) is 81.7 cm³/mol. The summed E-state index contributed by atoms with van der Waals surface area (Å²) in [6.07, 6.45) is 3.96. The van der Waals surface area contributed by atoms with Crippen LogP contribution >= 0.6 is 11.8 Å². The first-order chi connectivity index (χ1) is 9.41. The van der Waals surface area contributed by atoms with Crippen molar-refractivity contribution in [2.75, 3.05) is 17.6 Å². The number of nitrogens with one attached hydrogen (secondary N) is 1. The Kier molecular flexibility index (Phi) is 4.52. The van der Waals surface area contributed by atoms with Gasteiger partial charge in [-0.05, 0) is 25.5 Å². The number of carboxylic acid groups (broad SMARTS) is 1. The number of carboxylic acids is 1. The standard InChI is InChI=1S/C14H21N3O2S/c1-9(2)12-15-7-10(11(17-12)13(18)19)16-8-14(3)5-4-6-20-14/h7,9,16H,4-6,8H2,1-3H3,(H,18,19). The third-order valence-electron chi connectivity index (χ3n) is 3.48. The van der Waals surface area contributed by atoms with Gasteiger partial charge in [0, 0.05) is 17.2 Å².